The van der Waals surface area contributed by atoms with Crippen molar-refractivity contribution in [1.82, 2.24) is 0 Å². The second kappa shape index (κ2) is 12.1. The number of rotatable bonds is 12. The molecule has 0 saturated carbocycles. The van der Waals surface area contributed by atoms with Gasteiger partial charge in [0.1, 0.15) is 0 Å². The van der Waals surface area contributed by atoms with E-state index in [1.165, 1.54) is 82.7 Å². The highest BCUT2D eigenvalue weighted by molar-refractivity contribution is 5.61. The van der Waals surface area contributed by atoms with Gasteiger partial charge in [-0.25, -0.2) is 0 Å². The maximum atomic E-state index is 5.49. The van der Waals surface area contributed by atoms with Gasteiger partial charge < -0.3 is 5.73 Å². The van der Waals surface area contributed by atoms with E-state index in [4.69, 9.17) is 5.73 Å². The topological polar surface area (TPSA) is 38.4 Å². The Kier molecular flexibility index (Phi) is 10.6. The first-order chi connectivity index (χ1) is 9.84. The molecular weight excluding hydrogens is 244 g/mol. The van der Waals surface area contributed by atoms with Crippen molar-refractivity contribution in [3.63, 3.8) is 0 Å². The molecule has 0 aromatic rings. The van der Waals surface area contributed by atoms with Gasteiger partial charge in [0.15, 0.2) is 0 Å². The Morgan fingerprint density at radius 2 is 1.45 bits per heavy atom. The first kappa shape index (κ1) is 17.4. The summed E-state index contributed by atoms with van der Waals surface area (Å²) in [6, 6.07) is 0. The lowest BCUT2D eigenvalue weighted by atomic mass is 9.98. The van der Waals surface area contributed by atoms with Crippen molar-refractivity contribution in [2.75, 3.05) is 6.54 Å². The summed E-state index contributed by atoms with van der Waals surface area (Å²) in [7, 11) is 0. The monoisotopic (exact) mass is 278 g/mol. The number of nitrogens with two attached hydrogens (primary N) is 1. The number of nitrogens with zero attached hydrogens (tertiary/aromatic N) is 1. The van der Waals surface area contributed by atoms with Crippen LogP contribution in [-0.4, -0.2) is 12.8 Å². The van der Waals surface area contributed by atoms with Crippen LogP contribution in [0, 0.1) is 0 Å². The quantitative estimate of drug-likeness (QED) is 0.478. The molecule has 0 saturated heterocycles. The highest BCUT2D eigenvalue weighted by Gasteiger charge is 2.05. The van der Waals surface area contributed by atoms with Crippen molar-refractivity contribution in [2.24, 2.45) is 10.7 Å². The van der Waals surface area contributed by atoms with Gasteiger partial charge in [-0.15, -0.1) is 0 Å². The maximum absolute atomic E-state index is 5.49. The van der Waals surface area contributed by atoms with Crippen LogP contribution in [0.4, 0.5) is 0 Å². The van der Waals surface area contributed by atoms with E-state index in [0.29, 0.717) is 0 Å². The first-order valence-electron chi connectivity index (χ1n) is 8.76. The van der Waals surface area contributed by atoms with Crippen LogP contribution in [0.3, 0.4) is 0 Å². The van der Waals surface area contributed by atoms with Gasteiger partial charge in [-0.05, 0) is 51.1 Å². The molecule has 1 aliphatic heterocycles. The van der Waals surface area contributed by atoms with Gasteiger partial charge in [0.05, 0.1) is 0 Å². The molecule has 0 atom stereocenters. The SMILES string of the molecule is CC1=C(CCCCCCCCCCCCN)CCC=N1. The highest BCUT2D eigenvalue weighted by atomic mass is 14.7. The predicted molar refractivity (Wildman–Crippen MR) is 90.3 cm³/mol. The fraction of sp³-hybridized carbons (Fsp3) is 0.833. The molecule has 0 amide bonds. The summed E-state index contributed by atoms with van der Waals surface area (Å²) >= 11 is 0. The second-order valence-corrected chi connectivity index (χ2v) is 6.11. The lowest BCUT2D eigenvalue weighted by Gasteiger charge is -2.12. The van der Waals surface area contributed by atoms with Gasteiger partial charge in [-0.3, -0.25) is 4.99 Å². The van der Waals surface area contributed by atoms with E-state index in [1.807, 2.05) is 0 Å². The van der Waals surface area contributed by atoms with E-state index in [0.717, 1.165) is 13.0 Å². The molecule has 20 heavy (non-hydrogen) atoms. The van der Waals surface area contributed by atoms with Crippen LogP contribution in [0.15, 0.2) is 16.3 Å². The summed E-state index contributed by atoms with van der Waals surface area (Å²) in [6.45, 7) is 3.02. The van der Waals surface area contributed by atoms with Crippen molar-refractivity contribution < 1.29 is 0 Å². The molecule has 0 bridgehead atoms. The van der Waals surface area contributed by atoms with E-state index in [1.54, 1.807) is 5.57 Å². The minimum Gasteiger partial charge on any atom is -0.330 e. The molecule has 0 aromatic carbocycles. The average Bonchev–Trinajstić information content (AvgIpc) is 2.46. The number of hydrogen-bond acceptors (Lipinski definition) is 2. The van der Waals surface area contributed by atoms with Gasteiger partial charge in [-0.1, -0.05) is 51.4 Å². The molecule has 0 radical (unpaired) electrons. The first-order valence-corrected chi connectivity index (χ1v) is 8.76. The van der Waals surface area contributed by atoms with Crippen molar-refractivity contribution in [2.45, 2.75) is 90.4 Å². The van der Waals surface area contributed by atoms with Crippen LogP contribution in [0.1, 0.15) is 90.4 Å². The van der Waals surface area contributed by atoms with Crippen molar-refractivity contribution in [3.05, 3.63) is 11.3 Å². The van der Waals surface area contributed by atoms with E-state index < -0.39 is 0 Å². The van der Waals surface area contributed by atoms with Crippen LogP contribution in [0.2, 0.25) is 0 Å². The standard InChI is InChI=1S/C18H34N2/c1-17-18(14-12-16-20-17)13-10-8-6-4-2-3-5-7-9-11-15-19/h16H,2-15,19H2,1H3. The summed E-state index contributed by atoms with van der Waals surface area (Å²) in [4.78, 5) is 4.43. The molecule has 0 aliphatic carbocycles. The summed E-state index contributed by atoms with van der Waals surface area (Å²) in [6.07, 6.45) is 19.5. The Hall–Kier alpha value is -0.630. The fourth-order valence-electron chi connectivity index (χ4n) is 2.92. The van der Waals surface area contributed by atoms with Gasteiger partial charge in [-0.2, -0.15) is 0 Å². The molecule has 2 heteroatoms. The van der Waals surface area contributed by atoms with Gasteiger partial charge in [0.2, 0.25) is 0 Å². The average molecular weight is 278 g/mol. The molecule has 0 unspecified atom stereocenters. The molecule has 0 spiro atoms. The minimum absolute atomic E-state index is 0.862. The summed E-state index contributed by atoms with van der Waals surface area (Å²) in [5.41, 5.74) is 8.38. The summed E-state index contributed by atoms with van der Waals surface area (Å²) in [5, 5.41) is 0. The summed E-state index contributed by atoms with van der Waals surface area (Å²) in [5.74, 6) is 0. The van der Waals surface area contributed by atoms with E-state index in [-0.39, 0.29) is 0 Å². The van der Waals surface area contributed by atoms with Crippen LogP contribution < -0.4 is 5.73 Å². The smallest absolute Gasteiger partial charge is 0.0360 e. The maximum Gasteiger partial charge on any atom is 0.0360 e. The molecule has 116 valence electrons. The Labute approximate surface area is 125 Å². The number of aliphatic imine (C=N–C) groups is 1. The van der Waals surface area contributed by atoms with Crippen LogP contribution in [-0.2, 0) is 0 Å². The third-order valence-corrected chi connectivity index (χ3v) is 4.30. The molecule has 1 heterocycles. The Morgan fingerprint density at radius 1 is 0.900 bits per heavy atom. The highest BCUT2D eigenvalue weighted by Crippen LogP contribution is 2.22. The van der Waals surface area contributed by atoms with Gasteiger partial charge in [0, 0.05) is 11.9 Å². The Balaban J connectivity index is 1.84. The molecule has 0 fully saturated rings. The number of allylic oxidation sites excluding steroid dienone is 2. The minimum atomic E-state index is 0.862. The fourth-order valence-corrected chi connectivity index (χ4v) is 2.92. The largest absolute Gasteiger partial charge is 0.330 e. The lowest BCUT2D eigenvalue weighted by molar-refractivity contribution is 0.551. The predicted octanol–water partition coefficient (Wildman–Crippen LogP) is 5.37. The zero-order chi connectivity index (χ0) is 14.5. The zero-order valence-corrected chi connectivity index (χ0v) is 13.5. The van der Waals surface area contributed by atoms with E-state index in [2.05, 4.69) is 18.1 Å². The van der Waals surface area contributed by atoms with Crippen LogP contribution in [0.25, 0.3) is 0 Å². The number of hydrogen-bond donors (Lipinski definition) is 1. The van der Waals surface area contributed by atoms with Gasteiger partial charge >= 0.3 is 0 Å². The lowest BCUT2D eigenvalue weighted by Crippen LogP contribution is -1.97. The normalized spacial score (nSPS) is 15.1. The third kappa shape index (κ3) is 8.52. The molecule has 1 rings (SSSR count). The Morgan fingerprint density at radius 3 is 2.00 bits per heavy atom. The van der Waals surface area contributed by atoms with Crippen molar-refractivity contribution in [3.8, 4) is 0 Å². The molecule has 2 N–H and O–H groups in total. The molecule has 0 aromatic heterocycles. The van der Waals surface area contributed by atoms with E-state index in [9.17, 15) is 0 Å². The van der Waals surface area contributed by atoms with Crippen LogP contribution >= 0.6 is 0 Å². The molecule has 1 aliphatic rings. The van der Waals surface area contributed by atoms with Crippen LogP contribution in [0.5, 0.6) is 0 Å². The summed E-state index contributed by atoms with van der Waals surface area (Å²) < 4.78 is 0. The van der Waals surface area contributed by atoms with Crippen molar-refractivity contribution in [1.29, 1.82) is 0 Å². The Bertz CT molecular complexity index is 292. The molecule has 2 nitrogen and oxygen atoms in total. The number of unbranched alkanes of at least 4 members (excludes halogenated alkanes) is 9. The van der Waals surface area contributed by atoms with Crippen molar-refractivity contribution >= 4 is 6.21 Å². The third-order valence-electron chi connectivity index (χ3n) is 4.30. The van der Waals surface area contributed by atoms with Gasteiger partial charge in [0.25, 0.3) is 0 Å². The van der Waals surface area contributed by atoms with E-state index >= 15 is 0 Å². The zero-order valence-electron chi connectivity index (χ0n) is 13.5. The molecular formula is C18H34N2. The second-order valence-electron chi connectivity index (χ2n) is 6.11.